The average molecular weight is 658 g/mol. The number of benzene rings is 4. The molecule has 0 amide bonds. The Hall–Kier alpha value is -6.13. The summed E-state index contributed by atoms with van der Waals surface area (Å²) in [5.74, 6) is 1.49. The maximum Gasteiger partial charge on any atom is 0.128 e. The fourth-order valence-electron chi connectivity index (χ4n) is 9.29. The van der Waals surface area contributed by atoms with Gasteiger partial charge in [-0.15, -0.1) is 0 Å². The Morgan fingerprint density at radius 1 is 0.686 bits per heavy atom. The van der Waals surface area contributed by atoms with E-state index in [1.165, 1.54) is 55.5 Å². The minimum atomic E-state index is 0.0205. The summed E-state index contributed by atoms with van der Waals surface area (Å²) in [5, 5.41) is 2.55. The van der Waals surface area contributed by atoms with E-state index in [0.717, 1.165) is 23.3 Å². The maximum absolute atomic E-state index is 6.54. The predicted molar refractivity (Wildman–Crippen MR) is 209 cm³/mol. The summed E-state index contributed by atoms with van der Waals surface area (Å²) in [7, 11) is 0. The second kappa shape index (κ2) is 11.2. The fraction of sp³-hybridized carbons (Fsp3) is 0.128. The number of allylic oxidation sites excluding steroid dienone is 6. The normalized spacial score (nSPS) is 24.0. The molecule has 1 saturated heterocycles. The molecule has 4 nitrogen and oxygen atoms in total. The Morgan fingerprint density at radius 2 is 1.45 bits per heavy atom. The molecular weight excluding hydrogens is 623 g/mol. The summed E-state index contributed by atoms with van der Waals surface area (Å²) in [6.45, 7) is 0. The van der Waals surface area contributed by atoms with E-state index < -0.39 is 0 Å². The van der Waals surface area contributed by atoms with Gasteiger partial charge in [-0.1, -0.05) is 109 Å². The summed E-state index contributed by atoms with van der Waals surface area (Å²) in [4.78, 5) is 7.49. The zero-order valence-electron chi connectivity index (χ0n) is 28.0. The lowest BCUT2D eigenvalue weighted by molar-refractivity contribution is 0.279. The molecule has 0 bridgehead atoms. The molecule has 51 heavy (non-hydrogen) atoms. The van der Waals surface area contributed by atoms with Crippen LogP contribution in [0, 0.1) is 5.92 Å². The number of para-hydroxylation sites is 3. The molecule has 5 aliphatic rings. The van der Waals surface area contributed by atoms with Gasteiger partial charge in [-0.3, -0.25) is 4.98 Å². The molecule has 6 aromatic rings. The fourth-order valence-corrected chi connectivity index (χ4v) is 9.29. The Kier molecular flexibility index (Phi) is 6.30. The lowest BCUT2D eigenvalue weighted by Crippen LogP contribution is -2.40. The molecule has 11 rings (SSSR count). The Bertz CT molecular complexity index is 2530. The molecule has 1 fully saturated rings. The minimum Gasteiger partial charge on any atom is -0.485 e. The molecule has 244 valence electrons. The molecule has 4 aromatic carbocycles. The van der Waals surface area contributed by atoms with Gasteiger partial charge in [-0.25, -0.2) is 0 Å². The SMILES string of the molecule is C1=CC2C3=CC=CC(c4cncc(-c5ccc6c(c5)C5=CC(n7c8ccccc8c8ccccc87)=CCC5O6)c4)C3N(c3ccccc3)C2C=C1. The summed E-state index contributed by atoms with van der Waals surface area (Å²) < 4.78 is 8.95. The van der Waals surface area contributed by atoms with E-state index >= 15 is 0 Å². The highest BCUT2D eigenvalue weighted by Gasteiger charge is 2.47. The van der Waals surface area contributed by atoms with Gasteiger partial charge in [0.15, 0.2) is 0 Å². The Morgan fingerprint density at radius 3 is 2.29 bits per heavy atom. The number of fused-ring (bicyclic) bond motifs is 9. The van der Waals surface area contributed by atoms with Crippen LogP contribution in [-0.2, 0) is 0 Å². The third kappa shape index (κ3) is 4.36. The Labute approximate surface area is 297 Å². The van der Waals surface area contributed by atoms with Gasteiger partial charge in [-0.05, 0) is 65.2 Å². The molecule has 4 heterocycles. The topological polar surface area (TPSA) is 30.3 Å². The van der Waals surface area contributed by atoms with Crippen molar-refractivity contribution in [3.05, 3.63) is 187 Å². The van der Waals surface area contributed by atoms with Crippen LogP contribution in [0.5, 0.6) is 5.75 Å². The first-order valence-corrected chi connectivity index (χ1v) is 18.0. The lowest BCUT2D eigenvalue weighted by Gasteiger charge is -2.36. The average Bonchev–Trinajstić information content (AvgIpc) is 3.85. The second-order valence-electron chi connectivity index (χ2n) is 14.2. The van der Waals surface area contributed by atoms with Gasteiger partial charge in [0.2, 0.25) is 0 Å². The molecule has 4 heteroatoms. The number of hydrogen-bond acceptors (Lipinski definition) is 3. The quantitative estimate of drug-likeness (QED) is 0.189. The van der Waals surface area contributed by atoms with Gasteiger partial charge in [0.25, 0.3) is 0 Å². The number of anilines is 1. The molecule has 5 atom stereocenters. The van der Waals surface area contributed by atoms with Crippen molar-refractivity contribution in [1.29, 1.82) is 0 Å². The van der Waals surface area contributed by atoms with Gasteiger partial charge in [-0.2, -0.15) is 0 Å². The number of ether oxygens (including phenoxy) is 1. The van der Waals surface area contributed by atoms with Crippen molar-refractivity contribution in [1.82, 2.24) is 9.55 Å². The molecule has 2 aromatic heterocycles. The standard InChI is InChI=1S/C47H35N3O/c1-2-11-33(12-3-1)50-44-20-9-6-15-38(44)39-17-10-16-35(47(39)50)32-25-31(28-48-29-32)30-21-23-45-40(26-30)41-27-34(22-24-46(41)51-45)49-42-18-7-4-13-36(42)37-14-5-8-19-43(37)49/h1-23,25-29,35,38,44,46-47H,24H2. The first-order chi connectivity index (χ1) is 25.3. The lowest BCUT2D eigenvalue weighted by atomic mass is 9.80. The third-order valence-corrected chi connectivity index (χ3v) is 11.5. The molecule has 2 aliphatic heterocycles. The molecule has 0 spiro atoms. The van der Waals surface area contributed by atoms with Crippen LogP contribution >= 0.6 is 0 Å². The van der Waals surface area contributed by atoms with Crippen molar-refractivity contribution >= 4 is 38.8 Å². The van der Waals surface area contributed by atoms with Crippen LogP contribution in [0.15, 0.2) is 176 Å². The molecule has 5 unspecified atom stereocenters. The number of pyridine rings is 1. The van der Waals surface area contributed by atoms with Crippen molar-refractivity contribution in [2.45, 2.75) is 30.5 Å². The number of hydrogen-bond donors (Lipinski definition) is 0. The highest BCUT2D eigenvalue weighted by atomic mass is 16.5. The van der Waals surface area contributed by atoms with Crippen molar-refractivity contribution in [2.24, 2.45) is 5.92 Å². The number of rotatable bonds is 4. The first-order valence-electron chi connectivity index (χ1n) is 18.0. The van der Waals surface area contributed by atoms with Crippen LogP contribution in [0.4, 0.5) is 5.69 Å². The van der Waals surface area contributed by atoms with Gasteiger partial charge < -0.3 is 14.2 Å². The molecule has 3 aliphatic carbocycles. The minimum absolute atomic E-state index is 0.0205. The number of nitrogens with zero attached hydrogens (tertiary/aromatic N) is 3. The highest BCUT2D eigenvalue weighted by Crippen LogP contribution is 2.49. The van der Waals surface area contributed by atoms with Gasteiger partial charge in [0, 0.05) is 69.5 Å². The van der Waals surface area contributed by atoms with Crippen molar-refractivity contribution < 1.29 is 4.74 Å². The van der Waals surface area contributed by atoms with Crippen LogP contribution in [0.25, 0.3) is 44.2 Å². The van der Waals surface area contributed by atoms with Crippen LogP contribution in [0.2, 0.25) is 0 Å². The van der Waals surface area contributed by atoms with Crippen molar-refractivity contribution in [2.75, 3.05) is 4.90 Å². The van der Waals surface area contributed by atoms with Crippen LogP contribution in [0.3, 0.4) is 0 Å². The highest BCUT2D eigenvalue weighted by molar-refractivity contribution is 6.11. The molecule has 0 radical (unpaired) electrons. The molecular formula is C47H35N3O. The predicted octanol–water partition coefficient (Wildman–Crippen LogP) is 10.5. The van der Waals surface area contributed by atoms with Crippen molar-refractivity contribution in [3.8, 4) is 16.9 Å². The van der Waals surface area contributed by atoms with Crippen LogP contribution in [-0.4, -0.2) is 27.7 Å². The molecule has 0 saturated carbocycles. The third-order valence-electron chi connectivity index (χ3n) is 11.5. The second-order valence-corrected chi connectivity index (χ2v) is 14.2. The summed E-state index contributed by atoms with van der Waals surface area (Å²) in [6, 6.07) is 37.8. The maximum atomic E-state index is 6.54. The monoisotopic (exact) mass is 657 g/mol. The largest absolute Gasteiger partial charge is 0.485 e. The van der Waals surface area contributed by atoms with E-state index in [-0.39, 0.29) is 18.1 Å². The molecule has 0 N–H and O–H groups in total. The zero-order valence-corrected chi connectivity index (χ0v) is 28.0. The smallest absolute Gasteiger partial charge is 0.128 e. The zero-order chi connectivity index (χ0) is 33.5. The van der Waals surface area contributed by atoms with E-state index in [9.17, 15) is 0 Å². The number of aromatic nitrogens is 2. The Balaban J connectivity index is 0.966. The van der Waals surface area contributed by atoms with Crippen molar-refractivity contribution in [3.63, 3.8) is 0 Å². The van der Waals surface area contributed by atoms with Crippen LogP contribution < -0.4 is 9.64 Å². The summed E-state index contributed by atoms with van der Waals surface area (Å²) in [5.41, 5.74) is 12.3. The van der Waals surface area contributed by atoms with E-state index in [2.05, 4.69) is 173 Å². The summed E-state index contributed by atoms with van der Waals surface area (Å²) >= 11 is 0. The van der Waals surface area contributed by atoms with E-state index in [1.54, 1.807) is 0 Å². The van der Waals surface area contributed by atoms with Gasteiger partial charge in [0.05, 0.1) is 23.1 Å². The summed E-state index contributed by atoms with van der Waals surface area (Å²) in [6.07, 6.45) is 25.7. The van der Waals surface area contributed by atoms with Gasteiger partial charge >= 0.3 is 0 Å². The first kappa shape index (κ1) is 28.7. The van der Waals surface area contributed by atoms with Gasteiger partial charge in [0.1, 0.15) is 11.9 Å². The van der Waals surface area contributed by atoms with E-state index in [0.29, 0.717) is 12.0 Å². The van der Waals surface area contributed by atoms with E-state index in [4.69, 9.17) is 9.72 Å². The van der Waals surface area contributed by atoms with Crippen LogP contribution in [0.1, 0.15) is 23.5 Å². The van der Waals surface area contributed by atoms with E-state index in [1.807, 2.05) is 6.20 Å².